The molecule has 204 valence electrons. The average molecular weight is 514 g/mol. The summed E-state index contributed by atoms with van der Waals surface area (Å²) in [5.74, 6) is -1.87. The number of nitrogens with one attached hydrogen (secondary N) is 2. The van der Waals surface area contributed by atoms with Crippen LogP contribution in [0.25, 0.3) is 0 Å². The third kappa shape index (κ3) is 5.02. The van der Waals surface area contributed by atoms with E-state index in [1.807, 2.05) is 44.2 Å². The highest BCUT2D eigenvalue weighted by Crippen LogP contribution is 2.64. The van der Waals surface area contributed by atoms with Crippen molar-refractivity contribution in [3.05, 3.63) is 30.3 Å². The van der Waals surface area contributed by atoms with Crippen molar-refractivity contribution in [1.82, 2.24) is 10.2 Å². The van der Waals surface area contributed by atoms with E-state index in [4.69, 9.17) is 9.84 Å². The van der Waals surface area contributed by atoms with Crippen LogP contribution in [0.2, 0.25) is 0 Å². The third-order valence-corrected chi connectivity index (χ3v) is 8.67. The number of para-hydroxylation sites is 1. The molecule has 3 saturated heterocycles. The van der Waals surface area contributed by atoms with Gasteiger partial charge in [-0.15, -0.1) is 0 Å². The molecule has 0 aliphatic carbocycles. The van der Waals surface area contributed by atoms with Crippen LogP contribution in [0.4, 0.5) is 5.69 Å². The minimum absolute atomic E-state index is 0.00892. The Bertz CT molecular complexity index is 972. The van der Waals surface area contributed by atoms with Gasteiger partial charge < -0.3 is 25.4 Å². The fourth-order valence-electron chi connectivity index (χ4n) is 6.97. The molecule has 2 bridgehead atoms. The van der Waals surface area contributed by atoms with Crippen molar-refractivity contribution in [2.75, 3.05) is 18.5 Å². The maximum Gasteiger partial charge on any atom is 0.246 e. The summed E-state index contributed by atoms with van der Waals surface area (Å²) < 4.78 is 6.80. The third-order valence-electron chi connectivity index (χ3n) is 8.67. The maximum absolute atomic E-state index is 14.1. The highest BCUT2D eigenvalue weighted by Gasteiger charge is 2.78. The number of carbonyl (C=O) groups is 3. The zero-order valence-corrected chi connectivity index (χ0v) is 22.5. The molecule has 3 aliphatic rings. The van der Waals surface area contributed by atoms with Gasteiger partial charge in [0.2, 0.25) is 17.7 Å². The fourth-order valence-corrected chi connectivity index (χ4v) is 6.97. The first kappa shape index (κ1) is 27.6. The number of fused-ring (bicyclic) bond motifs is 1. The van der Waals surface area contributed by atoms with Crippen LogP contribution < -0.4 is 10.6 Å². The Labute approximate surface area is 220 Å². The smallest absolute Gasteiger partial charge is 0.246 e. The van der Waals surface area contributed by atoms with Crippen LogP contribution in [0.1, 0.15) is 78.6 Å². The van der Waals surface area contributed by atoms with Crippen LogP contribution >= 0.6 is 0 Å². The zero-order chi connectivity index (χ0) is 26.6. The second-order valence-corrected chi connectivity index (χ2v) is 11.1. The lowest BCUT2D eigenvalue weighted by molar-refractivity contribution is -0.146. The van der Waals surface area contributed by atoms with Crippen molar-refractivity contribution >= 4 is 23.4 Å². The molecule has 6 atom stereocenters. The van der Waals surface area contributed by atoms with Gasteiger partial charge in [0.25, 0.3) is 0 Å². The van der Waals surface area contributed by atoms with E-state index in [1.165, 1.54) is 0 Å². The van der Waals surface area contributed by atoms with Gasteiger partial charge in [0.15, 0.2) is 0 Å². The molecule has 3 heterocycles. The molecule has 3 fully saturated rings. The molecule has 4 rings (SSSR count). The normalized spacial score (nSPS) is 30.9. The highest BCUT2D eigenvalue weighted by molar-refractivity contribution is 6.02. The van der Waals surface area contributed by atoms with E-state index >= 15 is 0 Å². The van der Waals surface area contributed by atoms with Crippen molar-refractivity contribution in [1.29, 1.82) is 0 Å². The Balaban J connectivity index is 1.65. The number of anilines is 1. The number of hydrogen-bond donors (Lipinski definition) is 3. The summed E-state index contributed by atoms with van der Waals surface area (Å²) in [6, 6.07) is 8.53. The van der Waals surface area contributed by atoms with E-state index in [9.17, 15) is 14.4 Å². The molecule has 37 heavy (non-hydrogen) atoms. The van der Waals surface area contributed by atoms with Gasteiger partial charge in [0.1, 0.15) is 11.6 Å². The number of hydrogen-bond acceptors (Lipinski definition) is 5. The van der Waals surface area contributed by atoms with Crippen LogP contribution in [0.15, 0.2) is 30.3 Å². The van der Waals surface area contributed by atoms with E-state index in [2.05, 4.69) is 17.6 Å². The van der Waals surface area contributed by atoms with Crippen molar-refractivity contribution in [3.8, 4) is 0 Å². The summed E-state index contributed by atoms with van der Waals surface area (Å²) in [4.78, 5) is 43.3. The SMILES string of the molecule is CCCC(C)NC(=O)C1N(CCCCCCO)C(=O)[C@@H]2[C@H](C(=O)Nc3ccccc3)[C@]3(CC)CCC12O3. The van der Waals surface area contributed by atoms with Gasteiger partial charge in [-0.3, -0.25) is 14.4 Å². The quantitative estimate of drug-likeness (QED) is 0.349. The number of ether oxygens (including phenoxy) is 1. The molecule has 1 spiro atoms. The number of benzene rings is 1. The monoisotopic (exact) mass is 513 g/mol. The summed E-state index contributed by atoms with van der Waals surface area (Å²) in [6.45, 7) is 6.67. The Morgan fingerprint density at radius 3 is 2.51 bits per heavy atom. The number of nitrogens with zero attached hydrogens (tertiary/aromatic N) is 1. The van der Waals surface area contributed by atoms with E-state index < -0.39 is 29.1 Å². The van der Waals surface area contributed by atoms with Gasteiger partial charge in [0, 0.05) is 24.9 Å². The lowest BCUT2D eigenvalue weighted by Crippen LogP contribution is -2.56. The van der Waals surface area contributed by atoms with Gasteiger partial charge >= 0.3 is 0 Å². The fraction of sp³-hybridized carbons (Fsp3) is 0.690. The molecule has 8 nitrogen and oxygen atoms in total. The second-order valence-electron chi connectivity index (χ2n) is 11.1. The number of carbonyl (C=O) groups excluding carboxylic acids is 3. The minimum atomic E-state index is -0.993. The molecular weight excluding hydrogens is 470 g/mol. The van der Waals surface area contributed by atoms with Crippen LogP contribution in [0, 0.1) is 11.8 Å². The zero-order valence-electron chi connectivity index (χ0n) is 22.5. The number of likely N-dealkylation sites (tertiary alicyclic amines) is 1. The summed E-state index contributed by atoms with van der Waals surface area (Å²) in [6.07, 6.45) is 6.84. The summed E-state index contributed by atoms with van der Waals surface area (Å²) in [7, 11) is 0. The molecule has 3 aliphatic heterocycles. The van der Waals surface area contributed by atoms with Crippen molar-refractivity contribution in [2.45, 2.75) is 102 Å². The Hall–Kier alpha value is -2.45. The summed E-state index contributed by atoms with van der Waals surface area (Å²) in [5.41, 5.74) is -1.06. The van der Waals surface area contributed by atoms with Gasteiger partial charge in [-0.05, 0) is 57.6 Å². The largest absolute Gasteiger partial charge is 0.396 e. The highest BCUT2D eigenvalue weighted by atomic mass is 16.5. The van der Waals surface area contributed by atoms with Crippen LogP contribution in [-0.2, 0) is 19.1 Å². The minimum Gasteiger partial charge on any atom is -0.396 e. The first-order valence-electron chi connectivity index (χ1n) is 14.1. The molecule has 3 amide bonds. The number of amides is 3. The van der Waals surface area contributed by atoms with E-state index in [-0.39, 0.29) is 30.4 Å². The van der Waals surface area contributed by atoms with Crippen LogP contribution in [0.3, 0.4) is 0 Å². The first-order chi connectivity index (χ1) is 17.8. The molecule has 1 aromatic carbocycles. The van der Waals surface area contributed by atoms with E-state index in [0.717, 1.165) is 38.5 Å². The van der Waals surface area contributed by atoms with Crippen molar-refractivity contribution in [3.63, 3.8) is 0 Å². The topological polar surface area (TPSA) is 108 Å². The lowest BCUT2D eigenvalue weighted by atomic mass is 9.65. The summed E-state index contributed by atoms with van der Waals surface area (Å²) >= 11 is 0. The predicted molar refractivity (Wildman–Crippen MR) is 142 cm³/mol. The Kier molecular flexibility index (Phi) is 8.59. The lowest BCUT2D eigenvalue weighted by Gasteiger charge is -2.34. The molecule has 8 heteroatoms. The first-order valence-corrected chi connectivity index (χ1v) is 14.1. The number of aliphatic hydroxyl groups excluding tert-OH is 1. The standard InChI is InChI=1S/C29H43N3O5/c1-4-13-20(3)30-26(35)24-29-17-16-28(5-2,37-29)22(25(34)31-21-14-9-8-10-15-21)23(29)27(36)32(24)18-11-6-7-12-19-33/h8-10,14-15,20,22-24,33H,4-7,11-13,16-19H2,1-3H3,(H,30,35)(H,31,34)/t20?,22-,23+,24?,28+,29?/m1/s1. The van der Waals surface area contributed by atoms with Gasteiger partial charge in [0.05, 0.1) is 17.4 Å². The Morgan fingerprint density at radius 2 is 1.84 bits per heavy atom. The predicted octanol–water partition coefficient (Wildman–Crippen LogP) is 3.64. The number of rotatable bonds is 13. The molecule has 3 unspecified atom stereocenters. The van der Waals surface area contributed by atoms with Crippen LogP contribution in [0.5, 0.6) is 0 Å². The number of aliphatic hydroxyl groups is 1. The van der Waals surface area contributed by atoms with Crippen molar-refractivity contribution < 1.29 is 24.2 Å². The average Bonchev–Trinajstić information content (AvgIpc) is 3.48. The van der Waals surface area contributed by atoms with Crippen molar-refractivity contribution in [2.24, 2.45) is 11.8 Å². The van der Waals surface area contributed by atoms with E-state index in [1.54, 1.807) is 4.90 Å². The molecule has 0 radical (unpaired) electrons. The summed E-state index contributed by atoms with van der Waals surface area (Å²) in [5, 5.41) is 15.3. The van der Waals surface area contributed by atoms with Crippen LogP contribution in [-0.4, -0.2) is 64.2 Å². The molecule has 0 saturated carbocycles. The molecule has 0 aromatic heterocycles. The Morgan fingerprint density at radius 1 is 1.11 bits per heavy atom. The van der Waals surface area contributed by atoms with Gasteiger partial charge in [-0.1, -0.05) is 51.3 Å². The molecule has 3 N–H and O–H groups in total. The maximum atomic E-state index is 14.1. The van der Waals surface area contributed by atoms with Gasteiger partial charge in [-0.2, -0.15) is 0 Å². The molecular formula is C29H43N3O5. The van der Waals surface area contributed by atoms with E-state index in [0.29, 0.717) is 31.5 Å². The second kappa shape index (κ2) is 11.5. The van der Waals surface area contributed by atoms with Gasteiger partial charge in [-0.25, -0.2) is 0 Å². The number of unbranched alkanes of at least 4 members (excludes halogenated alkanes) is 3. The molecule has 1 aromatic rings.